The first-order valence-corrected chi connectivity index (χ1v) is 6.22. The Labute approximate surface area is 108 Å². The number of amides is 1. The van der Waals surface area contributed by atoms with Crippen molar-refractivity contribution in [3.63, 3.8) is 0 Å². The van der Waals surface area contributed by atoms with E-state index in [-0.39, 0.29) is 11.9 Å². The molecular formula is C13H19ClN2O. The van der Waals surface area contributed by atoms with Crippen LogP contribution < -0.4 is 5.32 Å². The number of carbonyl (C=O) groups excluding carboxylic acids is 1. The standard InChI is InChI=1S/C13H19ClN2O/c1-16(2)10-12(15-13(17)8-9-14)11-6-4-3-5-7-11/h3-7,12H,8-10H2,1-2H3,(H,15,17). The number of nitrogens with zero attached hydrogens (tertiary/aromatic N) is 1. The highest BCUT2D eigenvalue weighted by atomic mass is 35.5. The van der Waals surface area contributed by atoms with Gasteiger partial charge < -0.3 is 10.2 Å². The maximum absolute atomic E-state index is 11.6. The third-order valence-electron chi connectivity index (χ3n) is 2.41. The van der Waals surface area contributed by atoms with E-state index in [9.17, 15) is 4.79 Å². The molecule has 1 aromatic carbocycles. The second-order valence-corrected chi connectivity index (χ2v) is 4.61. The number of hydrogen-bond donors (Lipinski definition) is 1. The second kappa shape index (κ2) is 7.30. The van der Waals surface area contributed by atoms with Gasteiger partial charge in [-0.2, -0.15) is 0 Å². The van der Waals surface area contributed by atoms with E-state index in [1.807, 2.05) is 44.4 Å². The SMILES string of the molecule is CN(C)CC(NC(=O)CCCl)c1ccccc1. The van der Waals surface area contributed by atoms with Gasteiger partial charge in [0.1, 0.15) is 0 Å². The lowest BCUT2D eigenvalue weighted by molar-refractivity contribution is -0.121. The third kappa shape index (κ3) is 5.20. The first-order chi connectivity index (χ1) is 8.13. The molecule has 4 heteroatoms. The average molecular weight is 255 g/mol. The Morgan fingerprint density at radius 3 is 2.53 bits per heavy atom. The Morgan fingerprint density at radius 1 is 1.35 bits per heavy atom. The highest BCUT2D eigenvalue weighted by Crippen LogP contribution is 2.13. The number of carbonyl (C=O) groups is 1. The predicted molar refractivity (Wildman–Crippen MR) is 71.2 cm³/mol. The van der Waals surface area contributed by atoms with Crippen LogP contribution in [0.4, 0.5) is 0 Å². The van der Waals surface area contributed by atoms with Gasteiger partial charge in [-0.1, -0.05) is 30.3 Å². The molecule has 1 atom stereocenters. The molecule has 0 aromatic heterocycles. The minimum absolute atomic E-state index is 0.00398. The number of halogens is 1. The maximum atomic E-state index is 11.6. The molecule has 0 aliphatic carbocycles. The van der Waals surface area contributed by atoms with Crippen LogP contribution in [-0.2, 0) is 4.79 Å². The van der Waals surface area contributed by atoms with Crippen LogP contribution in [0, 0.1) is 0 Å². The number of likely N-dealkylation sites (N-methyl/N-ethyl adjacent to an activating group) is 1. The summed E-state index contributed by atoms with van der Waals surface area (Å²) in [6.45, 7) is 0.776. The molecule has 0 heterocycles. The Kier molecular flexibility index (Phi) is 6.01. The molecule has 0 saturated heterocycles. The van der Waals surface area contributed by atoms with Crippen LogP contribution in [0.25, 0.3) is 0 Å². The zero-order chi connectivity index (χ0) is 12.7. The minimum atomic E-state index is -0.00398. The van der Waals surface area contributed by atoms with Crippen molar-refractivity contribution in [3.8, 4) is 0 Å². The van der Waals surface area contributed by atoms with Crippen LogP contribution >= 0.6 is 11.6 Å². The van der Waals surface area contributed by atoms with Gasteiger partial charge >= 0.3 is 0 Å². The quantitative estimate of drug-likeness (QED) is 0.788. The molecule has 94 valence electrons. The van der Waals surface area contributed by atoms with Gasteiger partial charge in [-0.3, -0.25) is 4.79 Å². The Bertz CT molecular complexity index is 341. The van der Waals surface area contributed by atoms with Crippen molar-refractivity contribution >= 4 is 17.5 Å². The summed E-state index contributed by atoms with van der Waals surface area (Å²) >= 11 is 5.56. The highest BCUT2D eigenvalue weighted by molar-refractivity contribution is 6.18. The van der Waals surface area contributed by atoms with Crippen LogP contribution in [-0.4, -0.2) is 37.3 Å². The Morgan fingerprint density at radius 2 is 2.00 bits per heavy atom. The fourth-order valence-electron chi connectivity index (χ4n) is 1.64. The summed E-state index contributed by atoms with van der Waals surface area (Å²) in [6, 6.07) is 9.99. The summed E-state index contributed by atoms with van der Waals surface area (Å²) in [7, 11) is 3.98. The fourth-order valence-corrected chi connectivity index (χ4v) is 1.81. The zero-order valence-electron chi connectivity index (χ0n) is 10.3. The van der Waals surface area contributed by atoms with Gasteiger partial charge in [0.25, 0.3) is 0 Å². The summed E-state index contributed by atoms with van der Waals surface area (Å²) < 4.78 is 0. The van der Waals surface area contributed by atoms with Crippen LogP contribution in [0.5, 0.6) is 0 Å². The molecule has 1 aromatic rings. The number of nitrogens with one attached hydrogen (secondary N) is 1. The Hall–Kier alpha value is -1.06. The monoisotopic (exact) mass is 254 g/mol. The second-order valence-electron chi connectivity index (χ2n) is 4.23. The lowest BCUT2D eigenvalue weighted by Gasteiger charge is -2.22. The van der Waals surface area contributed by atoms with Gasteiger partial charge in [-0.15, -0.1) is 11.6 Å². The van der Waals surface area contributed by atoms with E-state index in [0.29, 0.717) is 12.3 Å². The van der Waals surface area contributed by atoms with Crippen molar-refractivity contribution in [2.45, 2.75) is 12.5 Å². The topological polar surface area (TPSA) is 32.3 Å². The summed E-state index contributed by atoms with van der Waals surface area (Å²) in [6.07, 6.45) is 0.359. The van der Waals surface area contributed by atoms with E-state index >= 15 is 0 Å². The molecule has 1 amide bonds. The first-order valence-electron chi connectivity index (χ1n) is 5.68. The Balaban J connectivity index is 2.70. The highest BCUT2D eigenvalue weighted by Gasteiger charge is 2.14. The molecule has 0 aliphatic rings. The van der Waals surface area contributed by atoms with E-state index in [1.165, 1.54) is 0 Å². The lowest BCUT2D eigenvalue weighted by atomic mass is 10.1. The van der Waals surface area contributed by atoms with Gasteiger partial charge in [0.2, 0.25) is 5.91 Å². The van der Waals surface area contributed by atoms with Gasteiger partial charge in [0.05, 0.1) is 6.04 Å². The summed E-state index contributed by atoms with van der Waals surface area (Å²) in [5.74, 6) is 0.352. The van der Waals surface area contributed by atoms with Crippen molar-refractivity contribution in [2.24, 2.45) is 0 Å². The van der Waals surface area contributed by atoms with Crippen molar-refractivity contribution in [3.05, 3.63) is 35.9 Å². The molecule has 0 bridgehead atoms. The number of benzene rings is 1. The molecule has 17 heavy (non-hydrogen) atoms. The number of alkyl halides is 1. The molecule has 3 nitrogen and oxygen atoms in total. The molecule has 0 aliphatic heterocycles. The lowest BCUT2D eigenvalue weighted by Crippen LogP contribution is -2.35. The van der Waals surface area contributed by atoms with Crippen molar-refractivity contribution in [2.75, 3.05) is 26.5 Å². The van der Waals surface area contributed by atoms with Crippen molar-refractivity contribution in [1.29, 1.82) is 0 Å². The molecule has 1 N–H and O–H groups in total. The average Bonchev–Trinajstić information content (AvgIpc) is 2.29. The van der Waals surface area contributed by atoms with Crippen molar-refractivity contribution in [1.82, 2.24) is 10.2 Å². The van der Waals surface area contributed by atoms with Crippen LogP contribution in [0.15, 0.2) is 30.3 Å². The van der Waals surface area contributed by atoms with Gasteiger partial charge in [0.15, 0.2) is 0 Å². The largest absolute Gasteiger partial charge is 0.348 e. The van der Waals surface area contributed by atoms with E-state index < -0.39 is 0 Å². The third-order valence-corrected chi connectivity index (χ3v) is 2.60. The van der Waals surface area contributed by atoms with Crippen LogP contribution in [0.3, 0.4) is 0 Å². The van der Waals surface area contributed by atoms with E-state index in [2.05, 4.69) is 10.2 Å². The van der Waals surface area contributed by atoms with Crippen LogP contribution in [0.1, 0.15) is 18.0 Å². The summed E-state index contributed by atoms with van der Waals surface area (Å²) in [4.78, 5) is 13.6. The van der Waals surface area contributed by atoms with E-state index in [4.69, 9.17) is 11.6 Å². The molecule has 1 rings (SSSR count). The molecule has 0 radical (unpaired) electrons. The normalized spacial score (nSPS) is 12.5. The van der Waals surface area contributed by atoms with E-state index in [0.717, 1.165) is 12.1 Å². The molecule has 0 fully saturated rings. The smallest absolute Gasteiger partial charge is 0.221 e. The molecule has 0 spiro atoms. The minimum Gasteiger partial charge on any atom is -0.348 e. The van der Waals surface area contributed by atoms with E-state index in [1.54, 1.807) is 0 Å². The zero-order valence-corrected chi connectivity index (χ0v) is 11.1. The fraction of sp³-hybridized carbons (Fsp3) is 0.462. The van der Waals surface area contributed by atoms with Gasteiger partial charge in [-0.05, 0) is 19.7 Å². The predicted octanol–water partition coefficient (Wildman–Crippen LogP) is 2.03. The van der Waals surface area contributed by atoms with Gasteiger partial charge in [-0.25, -0.2) is 0 Å². The van der Waals surface area contributed by atoms with Crippen LogP contribution in [0.2, 0.25) is 0 Å². The first kappa shape index (κ1) is 14.0. The number of hydrogen-bond acceptors (Lipinski definition) is 2. The summed E-state index contributed by atoms with van der Waals surface area (Å²) in [5, 5.41) is 3.00. The maximum Gasteiger partial charge on any atom is 0.221 e. The molecule has 0 saturated carbocycles. The summed E-state index contributed by atoms with van der Waals surface area (Å²) in [5.41, 5.74) is 1.11. The van der Waals surface area contributed by atoms with Gasteiger partial charge in [0, 0.05) is 18.8 Å². The molecule has 1 unspecified atom stereocenters. The number of rotatable bonds is 6. The molecular weight excluding hydrogens is 236 g/mol. The van der Waals surface area contributed by atoms with Crippen molar-refractivity contribution < 1.29 is 4.79 Å².